The summed E-state index contributed by atoms with van der Waals surface area (Å²) in [5, 5.41) is 0.337. The zero-order valence-corrected chi connectivity index (χ0v) is 18.1. The van der Waals surface area contributed by atoms with Gasteiger partial charge >= 0.3 is 0 Å². The number of pyridine rings is 1. The zero-order chi connectivity index (χ0) is 21.9. The number of aromatic nitrogens is 1. The largest absolute Gasteiger partial charge is 0.354 e. The number of fused-ring (bicyclic) bond motifs is 5. The number of likely N-dealkylation sites (N-methyl/N-ethyl adjacent to an activating group) is 1. The summed E-state index contributed by atoms with van der Waals surface area (Å²) < 4.78 is 30.9. The lowest BCUT2D eigenvalue weighted by Gasteiger charge is -2.49. The second kappa shape index (κ2) is 7.34. The molecular weight excluding hydrogens is 390 g/mol. The maximum Gasteiger partial charge on any atom is 0.277 e. The van der Waals surface area contributed by atoms with Crippen LogP contribution >= 0.6 is 0 Å². The van der Waals surface area contributed by atoms with Crippen LogP contribution in [-0.4, -0.2) is 54.1 Å². The van der Waals surface area contributed by atoms with Gasteiger partial charge in [-0.05, 0) is 33.4 Å². The Balaban J connectivity index is 2.10. The molecule has 0 radical (unpaired) electrons. The van der Waals surface area contributed by atoms with Crippen LogP contribution < -0.4 is 15.4 Å². The van der Waals surface area contributed by atoms with Crippen LogP contribution in [0, 0.1) is 18.6 Å². The number of rotatable bonds is 3. The number of anilines is 2. The number of halogens is 2. The van der Waals surface area contributed by atoms with Crippen molar-refractivity contribution in [2.45, 2.75) is 45.7 Å². The lowest BCUT2D eigenvalue weighted by Crippen LogP contribution is -2.65. The van der Waals surface area contributed by atoms with Crippen molar-refractivity contribution in [1.82, 2.24) is 9.47 Å². The molecule has 8 heteroatoms. The molecule has 3 heterocycles. The molecule has 2 aliphatic rings. The highest BCUT2D eigenvalue weighted by Crippen LogP contribution is 2.42. The molecule has 0 aliphatic carbocycles. The molecule has 1 aromatic carbocycles. The summed E-state index contributed by atoms with van der Waals surface area (Å²) in [6.45, 7) is 6.83. The number of carbonyl (C=O) groups excluding carboxylic acids is 1. The van der Waals surface area contributed by atoms with E-state index in [0.717, 1.165) is 12.8 Å². The highest BCUT2D eigenvalue weighted by Gasteiger charge is 2.45. The molecular formula is C22H28F2N4O2. The molecule has 1 saturated heterocycles. The quantitative estimate of drug-likeness (QED) is 0.769. The predicted molar refractivity (Wildman–Crippen MR) is 114 cm³/mol. The molecule has 0 N–H and O–H groups in total. The molecule has 0 bridgehead atoms. The van der Waals surface area contributed by atoms with Gasteiger partial charge in [-0.2, -0.15) is 0 Å². The van der Waals surface area contributed by atoms with Crippen molar-refractivity contribution in [2.75, 3.05) is 36.5 Å². The van der Waals surface area contributed by atoms with Crippen molar-refractivity contribution in [3.05, 3.63) is 33.6 Å². The van der Waals surface area contributed by atoms with Crippen molar-refractivity contribution in [2.24, 2.45) is 7.05 Å². The van der Waals surface area contributed by atoms with E-state index >= 15 is 4.39 Å². The summed E-state index contributed by atoms with van der Waals surface area (Å²) in [4.78, 5) is 32.4. The molecule has 1 amide bonds. The van der Waals surface area contributed by atoms with Gasteiger partial charge in [0.1, 0.15) is 17.5 Å². The zero-order valence-electron chi connectivity index (χ0n) is 18.1. The first-order chi connectivity index (χ1) is 14.2. The Hall–Kier alpha value is -2.48. The van der Waals surface area contributed by atoms with E-state index in [2.05, 4.69) is 4.90 Å². The highest BCUT2D eigenvalue weighted by atomic mass is 19.1. The first-order valence-electron chi connectivity index (χ1n) is 10.5. The lowest BCUT2D eigenvalue weighted by atomic mass is 9.97. The number of carbonyl (C=O) groups is 1. The summed E-state index contributed by atoms with van der Waals surface area (Å²) in [6.07, 6.45) is 1.60. The number of benzene rings is 1. The number of piperazine rings is 1. The van der Waals surface area contributed by atoms with Gasteiger partial charge in [0.2, 0.25) is 0 Å². The van der Waals surface area contributed by atoms with E-state index in [1.54, 1.807) is 4.90 Å². The van der Waals surface area contributed by atoms with Gasteiger partial charge < -0.3 is 14.4 Å². The Bertz CT molecular complexity index is 1100. The summed E-state index contributed by atoms with van der Waals surface area (Å²) in [6, 6.07) is 0.946. The third-order valence-corrected chi connectivity index (χ3v) is 6.64. The fraction of sp³-hybridized carbons (Fsp3) is 0.545. The Labute approximate surface area is 174 Å². The van der Waals surface area contributed by atoms with Gasteiger partial charge in [0.05, 0.1) is 11.2 Å². The third-order valence-electron chi connectivity index (χ3n) is 6.64. The minimum atomic E-state index is -0.733. The van der Waals surface area contributed by atoms with E-state index in [1.165, 1.54) is 24.6 Å². The molecule has 162 valence electrons. The molecule has 2 unspecified atom stereocenters. The predicted octanol–water partition coefficient (Wildman–Crippen LogP) is 2.78. The van der Waals surface area contributed by atoms with Gasteiger partial charge in [-0.15, -0.1) is 0 Å². The summed E-state index contributed by atoms with van der Waals surface area (Å²) in [5.74, 6) is -1.51. The summed E-state index contributed by atoms with van der Waals surface area (Å²) in [5.41, 5.74) is 0.241. The SMILES string of the molecule is CCCCN1C(=O)C2CN(C)C(C)CN2c2c1c(=O)n(C)c1c(F)c(C)c(F)cc21. The van der Waals surface area contributed by atoms with Gasteiger partial charge in [-0.1, -0.05) is 13.3 Å². The Morgan fingerprint density at radius 1 is 1.13 bits per heavy atom. The van der Waals surface area contributed by atoms with E-state index < -0.39 is 23.2 Å². The fourth-order valence-electron chi connectivity index (χ4n) is 4.63. The number of hydrogen-bond donors (Lipinski definition) is 0. The normalized spacial score (nSPS) is 21.9. The van der Waals surface area contributed by atoms with E-state index in [9.17, 15) is 14.0 Å². The second-order valence-corrected chi connectivity index (χ2v) is 8.56. The van der Waals surface area contributed by atoms with Crippen LogP contribution in [0.5, 0.6) is 0 Å². The van der Waals surface area contributed by atoms with Crippen molar-refractivity contribution in [1.29, 1.82) is 0 Å². The van der Waals surface area contributed by atoms with E-state index in [-0.39, 0.29) is 28.7 Å². The molecule has 6 nitrogen and oxygen atoms in total. The fourth-order valence-corrected chi connectivity index (χ4v) is 4.63. The van der Waals surface area contributed by atoms with Crippen molar-refractivity contribution in [3.8, 4) is 0 Å². The smallest absolute Gasteiger partial charge is 0.277 e. The standard InChI is InChI=1S/C22H28F2N4O2/c1-6-7-8-27-20-19(28-10-12(2)25(4)11-16(28)21(27)29)14-9-15(23)13(3)17(24)18(14)26(5)22(20)30/h9,12,16H,6-8,10-11H2,1-5H3. The van der Waals surface area contributed by atoms with Gasteiger partial charge in [0, 0.05) is 43.7 Å². The van der Waals surface area contributed by atoms with Gasteiger partial charge in [0.25, 0.3) is 11.5 Å². The number of hydrogen-bond acceptors (Lipinski definition) is 4. The van der Waals surface area contributed by atoms with E-state index in [1.807, 2.05) is 25.8 Å². The van der Waals surface area contributed by atoms with Crippen LogP contribution in [-0.2, 0) is 11.8 Å². The maximum absolute atomic E-state index is 15.1. The van der Waals surface area contributed by atoms with E-state index in [0.29, 0.717) is 30.7 Å². The molecule has 30 heavy (non-hydrogen) atoms. The van der Waals surface area contributed by atoms with Crippen molar-refractivity contribution < 1.29 is 13.6 Å². The molecule has 2 aliphatic heterocycles. The molecule has 2 aromatic rings. The average molecular weight is 418 g/mol. The third kappa shape index (κ3) is 2.84. The first-order valence-corrected chi connectivity index (χ1v) is 10.5. The first kappa shape index (κ1) is 20.8. The van der Waals surface area contributed by atoms with Crippen LogP contribution in [0.1, 0.15) is 32.3 Å². The van der Waals surface area contributed by atoms with E-state index in [4.69, 9.17) is 0 Å². The highest BCUT2D eigenvalue weighted by molar-refractivity contribution is 6.12. The lowest BCUT2D eigenvalue weighted by molar-refractivity contribution is -0.121. The van der Waals surface area contributed by atoms with Gasteiger partial charge in [-0.3, -0.25) is 14.5 Å². The molecule has 1 fully saturated rings. The number of aryl methyl sites for hydroxylation is 1. The number of unbranched alkanes of at least 4 members (excludes halogenated alkanes) is 1. The number of nitrogens with zero attached hydrogens (tertiary/aromatic N) is 4. The van der Waals surface area contributed by atoms with Crippen molar-refractivity contribution >= 4 is 28.2 Å². The topological polar surface area (TPSA) is 48.8 Å². The average Bonchev–Trinajstić information content (AvgIpc) is 2.70. The van der Waals surface area contributed by atoms with Crippen LogP contribution in [0.15, 0.2) is 10.9 Å². The Morgan fingerprint density at radius 3 is 2.50 bits per heavy atom. The Kier molecular flexibility index (Phi) is 5.08. The van der Waals surface area contributed by atoms with Crippen LogP contribution in [0.2, 0.25) is 0 Å². The van der Waals surface area contributed by atoms with Crippen LogP contribution in [0.3, 0.4) is 0 Å². The van der Waals surface area contributed by atoms with Gasteiger partial charge in [0.15, 0.2) is 5.82 Å². The van der Waals surface area contributed by atoms with Crippen LogP contribution in [0.25, 0.3) is 10.9 Å². The molecule has 0 saturated carbocycles. The minimum absolute atomic E-state index is 0.0766. The molecule has 0 spiro atoms. The second-order valence-electron chi connectivity index (χ2n) is 8.56. The Morgan fingerprint density at radius 2 is 1.83 bits per heavy atom. The monoisotopic (exact) mass is 418 g/mol. The minimum Gasteiger partial charge on any atom is -0.354 e. The molecule has 2 atom stereocenters. The molecule has 4 rings (SSSR count). The summed E-state index contributed by atoms with van der Waals surface area (Å²) in [7, 11) is 3.44. The van der Waals surface area contributed by atoms with Crippen LogP contribution in [0.4, 0.5) is 20.2 Å². The molecule has 1 aromatic heterocycles. The van der Waals surface area contributed by atoms with Gasteiger partial charge in [-0.25, -0.2) is 8.78 Å². The number of amides is 1. The maximum atomic E-state index is 15.1. The van der Waals surface area contributed by atoms with Crippen molar-refractivity contribution in [3.63, 3.8) is 0 Å². The summed E-state index contributed by atoms with van der Waals surface area (Å²) >= 11 is 0.